The Morgan fingerprint density at radius 2 is 1.80 bits per heavy atom. The highest BCUT2D eigenvalue weighted by Crippen LogP contribution is 2.29. The number of likely N-dealkylation sites (tertiary alicyclic amines) is 1. The molecule has 1 aromatic rings. The van der Waals surface area contributed by atoms with E-state index in [1.807, 2.05) is 19.0 Å². The van der Waals surface area contributed by atoms with E-state index in [1.165, 1.54) is 14.2 Å². The average molecular weight is 564 g/mol. The zero-order valence-electron chi connectivity index (χ0n) is 25.4. The molecule has 1 unspecified atom stereocenters. The predicted molar refractivity (Wildman–Crippen MR) is 153 cm³/mol. The van der Waals surface area contributed by atoms with Crippen molar-refractivity contribution in [1.29, 1.82) is 0 Å². The van der Waals surface area contributed by atoms with Crippen LogP contribution in [0.15, 0.2) is 24.3 Å². The third kappa shape index (κ3) is 8.41. The number of nitrogens with zero attached hydrogens (tertiary/aromatic N) is 2. The van der Waals surface area contributed by atoms with Gasteiger partial charge in [-0.05, 0) is 44.5 Å². The summed E-state index contributed by atoms with van der Waals surface area (Å²) in [4.78, 5) is 42.9. The van der Waals surface area contributed by atoms with Gasteiger partial charge in [0.25, 0.3) is 0 Å². The van der Waals surface area contributed by atoms with Gasteiger partial charge in [-0.15, -0.1) is 0 Å². The fraction of sp³-hybridized carbons (Fsp3) is 0.700. The first-order valence-corrected chi connectivity index (χ1v) is 14.2. The number of carboxylic acid groups (broad SMARTS) is 1. The summed E-state index contributed by atoms with van der Waals surface area (Å²) in [6.45, 7) is 6.59. The molecule has 2 amide bonds. The van der Waals surface area contributed by atoms with E-state index in [9.17, 15) is 19.5 Å². The number of benzene rings is 1. The number of hydrogen-bond donors (Lipinski definition) is 2. The molecule has 0 aromatic heterocycles. The van der Waals surface area contributed by atoms with Crippen LogP contribution in [0.2, 0.25) is 0 Å². The summed E-state index contributed by atoms with van der Waals surface area (Å²) in [5.41, 5.74) is 0.683. The van der Waals surface area contributed by atoms with Gasteiger partial charge in [-0.3, -0.25) is 9.59 Å². The number of carbonyl (C=O) groups excluding carboxylic acids is 2. The number of para-hydroxylation sites is 1. The van der Waals surface area contributed by atoms with Crippen molar-refractivity contribution in [3.8, 4) is 5.75 Å². The summed E-state index contributed by atoms with van der Waals surface area (Å²) in [7, 11) is 8.71. The van der Waals surface area contributed by atoms with E-state index in [2.05, 4.69) is 24.1 Å². The molecule has 2 rings (SSSR count). The third-order valence-electron chi connectivity index (χ3n) is 8.29. The van der Waals surface area contributed by atoms with Crippen LogP contribution in [-0.4, -0.2) is 105 Å². The van der Waals surface area contributed by atoms with Gasteiger partial charge in [0.15, 0.2) is 0 Å². The fourth-order valence-electron chi connectivity index (χ4n) is 5.96. The normalized spacial score (nSPS) is 19.9. The minimum atomic E-state index is -1.14. The van der Waals surface area contributed by atoms with Crippen molar-refractivity contribution >= 4 is 17.8 Å². The molecule has 1 aromatic carbocycles. The summed E-state index contributed by atoms with van der Waals surface area (Å²) < 4.78 is 17.0. The first kappa shape index (κ1) is 33.5. The lowest BCUT2D eigenvalue weighted by Crippen LogP contribution is -2.53. The van der Waals surface area contributed by atoms with Gasteiger partial charge in [-0.25, -0.2) is 4.79 Å². The highest BCUT2D eigenvalue weighted by molar-refractivity contribution is 5.85. The van der Waals surface area contributed by atoms with E-state index in [-0.39, 0.29) is 36.9 Å². The molecular formula is C30H49N3O7. The van der Waals surface area contributed by atoms with Gasteiger partial charge in [-0.2, -0.15) is 0 Å². The lowest BCUT2D eigenvalue weighted by Gasteiger charge is -2.38. The first-order chi connectivity index (χ1) is 19.0. The third-order valence-corrected chi connectivity index (χ3v) is 8.29. The molecule has 0 saturated carbocycles. The van der Waals surface area contributed by atoms with Gasteiger partial charge in [0.2, 0.25) is 11.8 Å². The summed E-state index contributed by atoms with van der Waals surface area (Å²) in [6, 6.07) is 5.77. The van der Waals surface area contributed by atoms with Crippen LogP contribution in [0.1, 0.15) is 52.0 Å². The molecule has 10 nitrogen and oxygen atoms in total. The highest BCUT2D eigenvalue weighted by Gasteiger charge is 2.41. The van der Waals surface area contributed by atoms with E-state index in [0.29, 0.717) is 30.2 Å². The van der Waals surface area contributed by atoms with Crippen molar-refractivity contribution < 1.29 is 33.7 Å². The Balaban J connectivity index is 2.16. The Kier molecular flexibility index (Phi) is 13.3. The molecule has 0 aliphatic carbocycles. The summed E-state index contributed by atoms with van der Waals surface area (Å²) in [5.74, 6) is -1.39. The van der Waals surface area contributed by atoms with Crippen LogP contribution in [0, 0.1) is 11.8 Å². The zero-order valence-corrected chi connectivity index (χ0v) is 25.4. The molecule has 1 saturated heterocycles. The van der Waals surface area contributed by atoms with Crippen molar-refractivity contribution in [1.82, 2.24) is 15.1 Å². The number of methoxy groups -OCH3 is 3. The number of amides is 2. The van der Waals surface area contributed by atoms with E-state index in [1.54, 1.807) is 38.3 Å². The monoisotopic (exact) mass is 563 g/mol. The van der Waals surface area contributed by atoms with Gasteiger partial charge in [0.1, 0.15) is 11.8 Å². The molecule has 1 aliphatic heterocycles. The number of ether oxygens (including phenoxy) is 3. The lowest BCUT2D eigenvalue weighted by atomic mass is 9.90. The van der Waals surface area contributed by atoms with E-state index < -0.39 is 29.9 Å². The van der Waals surface area contributed by atoms with E-state index >= 15 is 0 Å². The SMILES string of the molecule is CC[C@H](C)[C@@H]([C@@H](CC(=O)N1CCC[C@H]1C(OC)[C@@H](C)C(=O)N[C@@H](Cc1ccccc1OC)C(=O)O)OC)N(C)C. The summed E-state index contributed by atoms with van der Waals surface area (Å²) in [5, 5.41) is 12.5. The minimum Gasteiger partial charge on any atom is -0.496 e. The van der Waals surface area contributed by atoms with Crippen molar-refractivity contribution in [2.75, 3.05) is 42.0 Å². The van der Waals surface area contributed by atoms with Gasteiger partial charge in [0, 0.05) is 33.2 Å². The summed E-state index contributed by atoms with van der Waals surface area (Å²) >= 11 is 0. The maximum Gasteiger partial charge on any atom is 0.326 e. The Morgan fingerprint density at radius 1 is 1.12 bits per heavy atom. The summed E-state index contributed by atoms with van der Waals surface area (Å²) in [6.07, 6.45) is 1.92. The van der Waals surface area contributed by atoms with Crippen LogP contribution in [0.3, 0.4) is 0 Å². The molecule has 10 heteroatoms. The molecule has 226 valence electrons. The minimum absolute atomic E-state index is 0.0289. The Hall–Kier alpha value is -2.69. The number of likely N-dealkylation sites (N-methyl/N-ethyl adjacent to an activating group) is 1. The largest absolute Gasteiger partial charge is 0.496 e. The second-order valence-electron chi connectivity index (χ2n) is 11.0. The number of nitrogens with one attached hydrogen (secondary N) is 1. The lowest BCUT2D eigenvalue weighted by molar-refractivity contribution is -0.145. The topological polar surface area (TPSA) is 118 Å². The number of aliphatic carboxylic acids is 1. The van der Waals surface area contributed by atoms with E-state index in [4.69, 9.17) is 14.2 Å². The van der Waals surface area contributed by atoms with Gasteiger partial charge >= 0.3 is 5.97 Å². The van der Waals surface area contributed by atoms with E-state index in [0.717, 1.165) is 12.8 Å². The van der Waals surface area contributed by atoms with Crippen LogP contribution in [0.5, 0.6) is 5.75 Å². The van der Waals surface area contributed by atoms with Gasteiger partial charge < -0.3 is 34.4 Å². The standard InChI is InChI=1S/C30H49N3O7/c1-9-19(2)27(32(4)5)25(39-7)18-26(34)33-16-12-14-23(33)28(40-8)20(3)29(35)31-22(30(36)37)17-21-13-10-11-15-24(21)38-6/h10-11,13,15,19-20,22-23,25,27-28H,9,12,14,16-18H2,1-8H3,(H,31,35)(H,36,37)/t19-,20+,22-,23-,25+,27-,28?/m0/s1. The molecule has 1 heterocycles. The van der Waals surface area contributed by atoms with Crippen LogP contribution in [0.25, 0.3) is 0 Å². The van der Waals surface area contributed by atoms with Crippen molar-refractivity contribution in [2.24, 2.45) is 11.8 Å². The molecule has 0 radical (unpaired) electrons. The van der Waals surface area contributed by atoms with Gasteiger partial charge in [0.05, 0.1) is 37.7 Å². The van der Waals surface area contributed by atoms with Crippen molar-refractivity contribution in [3.63, 3.8) is 0 Å². The second-order valence-corrected chi connectivity index (χ2v) is 11.0. The molecule has 40 heavy (non-hydrogen) atoms. The van der Waals surface area contributed by atoms with Crippen molar-refractivity contribution in [3.05, 3.63) is 29.8 Å². The predicted octanol–water partition coefficient (Wildman–Crippen LogP) is 2.83. The Labute approximate surface area is 239 Å². The van der Waals surface area contributed by atoms with Gasteiger partial charge in [-0.1, -0.05) is 45.4 Å². The van der Waals surface area contributed by atoms with Crippen LogP contribution in [-0.2, 0) is 30.3 Å². The molecule has 7 atom stereocenters. The molecular weight excluding hydrogens is 514 g/mol. The average Bonchev–Trinajstić information content (AvgIpc) is 3.42. The van der Waals surface area contributed by atoms with Crippen LogP contribution < -0.4 is 10.1 Å². The fourth-order valence-corrected chi connectivity index (χ4v) is 5.96. The molecule has 0 bridgehead atoms. The van der Waals surface area contributed by atoms with Crippen molar-refractivity contribution in [2.45, 2.75) is 83.2 Å². The Bertz CT molecular complexity index is 972. The molecule has 1 aliphatic rings. The maximum atomic E-state index is 13.6. The number of carbonyl (C=O) groups is 3. The smallest absolute Gasteiger partial charge is 0.326 e. The van der Waals surface area contributed by atoms with Crippen LogP contribution in [0.4, 0.5) is 0 Å². The first-order valence-electron chi connectivity index (χ1n) is 14.2. The zero-order chi connectivity index (χ0) is 30.0. The molecule has 2 N–H and O–H groups in total. The molecule has 0 spiro atoms. The highest BCUT2D eigenvalue weighted by atomic mass is 16.5. The second kappa shape index (κ2) is 15.9. The quantitative estimate of drug-likeness (QED) is 0.315. The number of hydrogen-bond acceptors (Lipinski definition) is 7. The molecule has 1 fully saturated rings. The number of rotatable bonds is 16. The van der Waals surface area contributed by atoms with Crippen LogP contribution >= 0.6 is 0 Å². The maximum absolute atomic E-state index is 13.6. The Morgan fingerprint density at radius 3 is 2.35 bits per heavy atom. The number of carboxylic acids is 1.